The molecule has 2 rings (SSSR count). The zero-order valence-electron chi connectivity index (χ0n) is 15.2. The Morgan fingerprint density at radius 3 is 2.17 bits per heavy atom. The molecule has 0 heterocycles. The fraction of sp³-hybridized carbons (Fsp3) is 0.455. The van der Waals surface area contributed by atoms with Gasteiger partial charge in [-0.05, 0) is 63.9 Å². The van der Waals surface area contributed by atoms with Gasteiger partial charge in [0.2, 0.25) is 0 Å². The Hall–Kier alpha value is -1.64. The summed E-state index contributed by atoms with van der Waals surface area (Å²) >= 11 is 0. The van der Waals surface area contributed by atoms with E-state index in [9.17, 15) is 0 Å². The zero-order chi connectivity index (χ0) is 17.0. The van der Waals surface area contributed by atoms with Crippen molar-refractivity contribution >= 4 is 0 Å². The van der Waals surface area contributed by atoms with Gasteiger partial charge >= 0.3 is 0 Å². The molecule has 1 atom stereocenters. The van der Waals surface area contributed by atoms with Crippen molar-refractivity contribution in [2.75, 3.05) is 27.2 Å². The third kappa shape index (κ3) is 7.29. The first-order valence-corrected chi connectivity index (χ1v) is 9.11. The monoisotopic (exact) mass is 325 g/mol. The van der Waals surface area contributed by atoms with Crippen molar-refractivity contribution in [3.05, 3.63) is 71.8 Å². The molecule has 2 heteroatoms. The van der Waals surface area contributed by atoms with Crippen LogP contribution in [0.3, 0.4) is 0 Å². The van der Waals surface area contributed by atoms with Crippen molar-refractivity contribution in [3.8, 4) is 0 Å². The number of rotatable bonds is 11. The third-order valence-electron chi connectivity index (χ3n) is 4.26. The summed E-state index contributed by atoms with van der Waals surface area (Å²) in [4.78, 5) is 2.23. The Labute approximate surface area is 147 Å². The lowest BCUT2D eigenvalue weighted by Gasteiger charge is -2.19. The Morgan fingerprint density at radius 1 is 0.833 bits per heavy atom. The zero-order valence-corrected chi connectivity index (χ0v) is 15.2. The summed E-state index contributed by atoms with van der Waals surface area (Å²) < 4.78 is 6.23. The van der Waals surface area contributed by atoms with Crippen LogP contribution in [0.1, 0.15) is 42.9 Å². The third-order valence-corrected chi connectivity index (χ3v) is 4.26. The molecule has 2 nitrogen and oxygen atoms in total. The Balaban J connectivity index is 1.79. The summed E-state index contributed by atoms with van der Waals surface area (Å²) in [5.74, 6) is 0. The van der Waals surface area contributed by atoms with E-state index in [1.54, 1.807) is 0 Å². The minimum atomic E-state index is 0.217. The minimum Gasteiger partial charge on any atom is -0.374 e. The van der Waals surface area contributed by atoms with Crippen molar-refractivity contribution in [3.63, 3.8) is 0 Å². The molecular weight excluding hydrogens is 294 g/mol. The van der Waals surface area contributed by atoms with Crippen LogP contribution in [-0.4, -0.2) is 32.1 Å². The molecule has 0 aromatic heterocycles. The van der Waals surface area contributed by atoms with Crippen molar-refractivity contribution in [2.45, 2.75) is 38.2 Å². The molecule has 0 fully saturated rings. The van der Waals surface area contributed by atoms with Gasteiger partial charge in [0.25, 0.3) is 0 Å². The molecule has 0 aliphatic heterocycles. The molecule has 0 amide bonds. The average molecular weight is 325 g/mol. The van der Waals surface area contributed by atoms with E-state index in [0.29, 0.717) is 0 Å². The van der Waals surface area contributed by atoms with Gasteiger partial charge in [-0.1, -0.05) is 60.7 Å². The van der Waals surface area contributed by atoms with Crippen LogP contribution in [0.2, 0.25) is 0 Å². The van der Waals surface area contributed by atoms with Gasteiger partial charge in [0, 0.05) is 6.61 Å². The summed E-state index contributed by atoms with van der Waals surface area (Å²) in [6.45, 7) is 1.98. The summed E-state index contributed by atoms with van der Waals surface area (Å²) in [5.41, 5.74) is 2.72. The predicted octanol–water partition coefficient (Wildman–Crippen LogP) is 5.11. The maximum atomic E-state index is 6.23. The van der Waals surface area contributed by atoms with E-state index in [0.717, 1.165) is 38.8 Å². The highest BCUT2D eigenvalue weighted by molar-refractivity contribution is 5.18. The lowest BCUT2D eigenvalue weighted by Crippen LogP contribution is -2.14. The fourth-order valence-corrected chi connectivity index (χ4v) is 2.91. The first-order valence-electron chi connectivity index (χ1n) is 9.11. The Kier molecular flexibility index (Phi) is 8.58. The van der Waals surface area contributed by atoms with Crippen LogP contribution in [0.15, 0.2) is 60.7 Å². The molecule has 24 heavy (non-hydrogen) atoms. The van der Waals surface area contributed by atoms with Crippen LogP contribution in [0.5, 0.6) is 0 Å². The molecule has 0 N–H and O–H groups in total. The van der Waals surface area contributed by atoms with Gasteiger partial charge in [-0.15, -0.1) is 0 Å². The van der Waals surface area contributed by atoms with Gasteiger partial charge in [-0.25, -0.2) is 0 Å². The quantitative estimate of drug-likeness (QED) is 0.532. The van der Waals surface area contributed by atoms with Crippen LogP contribution in [0, 0.1) is 0 Å². The number of hydrogen-bond donors (Lipinski definition) is 0. The topological polar surface area (TPSA) is 12.5 Å². The fourth-order valence-electron chi connectivity index (χ4n) is 2.91. The number of ether oxygens (including phenoxy) is 1. The first-order chi connectivity index (χ1) is 11.8. The Morgan fingerprint density at radius 2 is 1.50 bits per heavy atom. The molecule has 0 saturated carbocycles. The molecule has 0 spiro atoms. The summed E-state index contributed by atoms with van der Waals surface area (Å²) in [7, 11) is 4.24. The summed E-state index contributed by atoms with van der Waals surface area (Å²) in [6, 6.07) is 21.4. The van der Waals surface area contributed by atoms with E-state index in [2.05, 4.69) is 79.7 Å². The highest BCUT2D eigenvalue weighted by Gasteiger charge is 2.11. The standard InChI is InChI=1S/C22H31NO/c1-23(2)18-9-10-19-24-22(21-15-7-4-8-16-21)17-11-14-20-12-5-3-6-13-20/h3-8,12-13,15-16,22H,9-11,14,17-19H2,1-2H3. The van der Waals surface area contributed by atoms with Gasteiger partial charge in [0.1, 0.15) is 0 Å². The van der Waals surface area contributed by atoms with Crippen molar-refractivity contribution in [2.24, 2.45) is 0 Å². The average Bonchev–Trinajstić information content (AvgIpc) is 2.61. The molecule has 0 aliphatic carbocycles. The minimum absolute atomic E-state index is 0.217. The van der Waals surface area contributed by atoms with E-state index >= 15 is 0 Å². The number of benzene rings is 2. The van der Waals surface area contributed by atoms with Gasteiger partial charge in [0.15, 0.2) is 0 Å². The summed E-state index contributed by atoms with van der Waals surface area (Å²) in [5, 5.41) is 0. The lowest BCUT2D eigenvalue weighted by molar-refractivity contribution is 0.0422. The molecular formula is C22H31NO. The lowest BCUT2D eigenvalue weighted by atomic mass is 10.0. The maximum Gasteiger partial charge on any atom is 0.0825 e. The second kappa shape index (κ2) is 11.0. The van der Waals surface area contributed by atoms with E-state index < -0.39 is 0 Å². The van der Waals surface area contributed by atoms with Crippen molar-refractivity contribution in [1.82, 2.24) is 4.90 Å². The second-order valence-electron chi connectivity index (χ2n) is 6.66. The number of nitrogens with zero attached hydrogens (tertiary/aromatic N) is 1. The maximum absolute atomic E-state index is 6.23. The van der Waals surface area contributed by atoms with Crippen LogP contribution >= 0.6 is 0 Å². The number of unbranched alkanes of at least 4 members (excludes halogenated alkanes) is 1. The van der Waals surface area contributed by atoms with Gasteiger partial charge in [0.05, 0.1) is 6.10 Å². The second-order valence-corrected chi connectivity index (χ2v) is 6.66. The molecule has 2 aromatic rings. The molecule has 0 radical (unpaired) electrons. The molecule has 130 valence electrons. The molecule has 0 saturated heterocycles. The van der Waals surface area contributed by atoms with Crippen molar-refractivity contribution < 1.29 is 4.74 Å². The van der Waals surface area contributed by atoms with Crippen LogP contribution in [0.25, 0.3) is 0 Å². The molecule has 0 bridgehead atoms. The normalized spacial score (nSPS) is 12.5. The highest BCUT2D eigenvalue weighted by Crippen LogP contribution is 2.24. The van der Waals surface area contributed by atoms with Gasteiger partial charge < -0.3 is 9.64 Å². The van der Waals surface area contributed by atoms with E-state index in [-0.39, 0.29) is 6.10 Å². The highest BCUT2D eigenvalue weighted by atomic mass is 16.5. The van der Waals surface area contributed by atoms with Crippen LogP contribution in [0.4, 0.5) is 0 Å². The Bertz CT molecular complexity index is 538. The predicted molar refractivity (Wildman–Crippen MR) is 102 cm³/mol. The van der Waals surface area contributed by atoms with Crippen molar-refractivity contribution in [1.29, 1.82) is 0 Å². The SMILES string of the molecule is CN(C)CCCCOC(CCCc1ccccc1)c1ccccc1. The number of aryl methyl sites for hydroxylation is 1. The summed E-state index contributed by atoms with van der Waals surface area (Å²) in [6.07, 6.45) is 5.88. The van der Waals surface area contributed by atoms with Crippen LogP contribution in [-0.2, 0) is 11.2 Å². The number of hydrogen-bond acceptors (Lipinski definition) is 2. The smallest absolute Gasteiger partial charge is 0.0825 e. The van der Waals surface area contributed by atoms with E-state index in [4.69, 9.17) is 4.74 Å². The van der Waals surface area contributed by atoms with Crippen LogP contribution < -0.4 is 0 Å². The van der Waals surface area contributed by atoms with Gasteiger partial charge in [-0.2, -0.15) is 0 Å². The largest absolute Gasteiger partial charge is 0.374 e. The van der Waals surface area contributed by atoms with E-state index in [1.807, 2.05) is 0 Å². The first kappa shape index (κ1) is 18.7. The molecule has 0 aliphatic rings. The van der Waals surface area contributed by atoms with Gasteiger partial charge in [-0.3, -0.25) is 0 Å². The molecule has 2 aromatic carbocycles. The van der Waals surface area contributed by atoms with E-state index in [1.165, 1.54) is 17.5 Å². The molecule has 1 unspecified atom stereocenters.